The molecular formula is C19H17NO4S2. The van der Waals surface area contributed by atoms with Crippen molar-refractivity contribution < 1.29 is 16.8 Å². The fourth-order valence-corrected chi connectivity index (χ4v) is 6.22. The van der Waals surface area contributed by atoms with Crippen LogP contribution < -0.4 is 4.72 Å². The molecule has 0 bridgehead atoms. The second kappa shape index (κ2) is 5.82. The maximum atomic E-state index is 12.9. The molecule has 1 aliphatic rings. The van der Waals surface area contributed by atoms with E-state index in [9.17, 15) is 16.8 Å². The Morgan fingerprint density at radius 3 is 2.12 bits per heavy atom. The number of hydrogen-bond acceptors (Lipinski definition) is 4. The zero-order valence-corrected chi connectivity index (χ0v) is 15.7. The molecule has 0 fully saturated rings. The Hall–Kier alpha value is -2.38. The standard InChI is InChI=1S/C19H17NO4S2/c1-25(21,22)17-7-2-3-8-18(17)26(23,24)20-16-12-11-14-10-9-13-5-4-6-15(16)19(13)14/h2-8,11-12,20H,9-10H2,1H3. The van der Waals surface area contributed by atoms with Crippen LogP contribution in [0.4, 0.5) is 5.69 Å². The van der Waals surface area contributed by atoms with Gasteiger partial charge in [0, 0.05) is 11.6 Å². The van der Waals surface area contributed by atoms with Gasteiger partial charge in [-0.05, 0) is 47.6 Å². The van der Waals surface area contributed by atoms with Gasteiger partial charge in [-0.3, -0.25) is 4.72 Å². The van der Waals surface area contributed by atoms with E-state index in [1.54, 1.807) is 6.07 Å². The lowest BCUT2D eigenvalue weighted by Gasteiger charge is -2.14. The first-order valence-electron chi connectivity index (χ1n) is 8.13. The van der Waals surface area contributed by atoms with E-state index in [1.807, 2.05) is 18.2 Å². The van der Waals surface area contributed by atoms with Crippen molar-refractivity contribution in [3.8, 4) is 0 Å². The van der Waals surface area contributed by atoms with Gasteiger partial charge in [0.1, 0.15) is 4.90 Å². The van der Waals surface area contributed by atoms with Crippen molar-refractivity contribution in [3.63, 3.8) is 0 Å². The Morgan fingerprint density at radius 2 is 1.42 bits per heavy atom. The van der Waals surface area contributed by atoms with Gasteiger partial charge >= 0.3 is 0 Å². The first kappa shape index (κ1) is 17.1. The van der Waals surface area contributed by atoms with E-state index in [-0.39, 0.29) is 9.79 Å². The predicted molar refractivity (Wildman–Crippen MR) is 102 cm³/mol. The maximum Gasteiger partial charge on any atom is 0.263 e. The molecule has 1 N–H and O–H groups in total. The van der Waals surface area contributed by atoms with Crippen LogP contribution in [0.25, 0.3) is 10.8 Å². The SMILES string of the molecule is CS(=O)(=O)c1ccccc1S(=O)(=O)Nc1ccc2c3c(cccc13)CC2. The molecule has 0 aromatic heterocycles. The molecule has 0 saturated heterocycles. The van der Waals surface area contributed by atoms with Gasteiger partial charge in [-0.1, -0.05) is 36.4 Å². The second-order valence-corrected chi connectivity index (χ2v) is 10.1. The number of rotatable bonds is 4. The van der Waals surface area contributed by atoms with Gasteiger partial charge in [-0.2, -0.15) is 0 Å². The highest BCUT2D eigenvalue weighted by Crippen LogP contribution is 2.36. The fraction of sp³-hybridized carbons (Fsp3) is 0.158. The first-order valence-corrected chi connectivity index (χ1v) is 11.5. The molecule has 3 aromatic rings. The Labute approximate surface area is 152 Å². The lowest BCUT2D eigenvalue weighted by molar-refractivity contribution is 0.588. The average Bonchev–Trinajstić information content (AvgIpc) is 3.01. The highest BCUT2D eigenvalue weighted by atomic mass is 32.2. The number of sulfone groups is 1. The van der Waals surface area contributed by atoms with Crippen LogP contribution in [0.5, 0.6) is 0 Å². The number of nitrogens with one attached hydrogen (secondary N) is 1. The second-order valence-electron chi connectivity index (χ2n) is 6.44. The quantitative estimate of drug-likeness (QED) is 0.746. The van der Waals surface area contributed by atoms with Gasteiger partial charge in [-0.15, -0.1) is 0 Å². The molecule has 0 unspecified atom stereocenters. The van der Waals surface area contributed by atoms with Crippen LogP contribution in [-0.4, -0.2) is 23.1 Å². The largest absolute Gasteiger partial charge is 0.279 e. The van der Waals surface area contributed by atoms with E-state index in [2.05, 4.69) is 10.8 Å². The highest BCUT2D eigenvalue weighted by molar-refractivity contribution is 7.95. The molecular weight excluding hydrogens is 370 g/mol. The fourth-order valence-electron chi connectivity index (χ4n) is 3.51. The molecule has 0 aliphatic heterocycles. The molecule has 5 nitrogen and oxygen atoms in total. The van der Waals surface area contributed by atoms with Crippen LogP contribution in [0.2, 0.25) is 0 Å². The summed E-state index contributed by atoms with van der Waals surface area (Å²) in [5, 5.41) is 1.92. The number of aryl methyl sites for hydroxylation is 2. The lowest BCUT2D eigenvalue weighted by atomic mass is 10.0. The molecule has 0 spiro atoms. The van der Waals surface area contributed by atoms with Gasteiger partial charge in [0.2, 0.25) is 0 Å². The van der Waals surface area contributed by atoms with E-state index >= 15 is 0 Å². The number of benzene rings is 3. The van der Waals surface area contributed by atoms with Gasteiger partial charge in [0.15, 0.2) is 9.84 Å². The van der Waals surface area contributed by atoms with Crippen molar-refractivity contribution in [1.29, 1.82) is 0 Å². The average molecular weight is 387 g/mol. The minimum absolute atomic E-state index is 0.210. The normalized spacial score (nSPS) is 13.9. The summed E-state index contributed by atoms with van der Waals surface area (Å²) in [6.45, 7) is 0. The molecule has 1 aliphatic carbocycles. The van der Waals surface area contributed by atoms with E-state index in [0.29, 0.717) is 5.69 Å². The molecule has 26 heavy (non-hydrogen) atoms. The molecule has 0 atom stereocenters. The third-order valence-electron chi connectivity index (χ3n) is 4.66. The van der Waals surface area contributed by atoms with Crippen molar-refractivity contribution in [2.45, 2.75) is 22.6 Å². The lowest BCUT2D eigenvalue weighted by Crippen LogP contribution is -2.16. The summed E-state index contributed by atoms with van der Waals surface area (Å²) in [5.74, 6) is 0. The summed E-state index contributed by atoms with van der Waals surface area (Å²) < 4.78 is 52.4. The Kier molecular flexibility index (Phi) is 3.82. The minimum atomic E-state index is -4.05. The van der Waals surface area contributed by atoms with Gasteiger partial charge in [0.25, 0.3) is 10.0 Å². The third-order valence-corrected chi connectivity index (χ3v) is 7.37. The minimum Gasteiger partial charge on any atom is -0.279 e. The van der Waals surface area contributed by atoms with Crippen molar-refractivity contribution in [2.75, 3.05) is 11.0 Å². The zero-order chi connectivity index (χ0) is 18.5. The third kappa shape index (κ3) is 2.77. The van der Waals surface area contributed by atoms with E-state index < -0.39 is 19.9 Å². The van der Waals surface area contributed by atoms with Crippen molar-refractivity contribution in [1.82, 2.24) is 0 Å². The first-order chi connectivity index (χ1) is 12.3. The smallest absolute Gasteiger partial charge is 0.263 e. The number of hydrogen-bond donors (Lipinski definition) is 1. The summed E-state index contributed by atoms with van der Waals surface area (Å²) in [7, 11) is -7.73. The Morgan fingerprint density at radius 1 is 0.769 bits per heavy atom. The number of sulfonamides is 1. The Balaban J connectivity index is 1.86. The molecule has 0 heterocycles. The van der Waals surface area contributed by atoms with Gasteiger partial charge in [-0.25, -0.2) is 16.8 Å². The monoisotopic (exact) mass is 387 g/mol. The molecule has 0 saturated carbocycles. The maximum absolute atomic E-state index is 12.9. The highest BCUT2D eigenvalue weighted by Gasteiger charge is 2.25. The summed E-state index contributed by atoms with van der Waals surface area (Å²) in [6, 6.07) is 15.1. The van der Waals surface area contributed by atoms with Crippen LogP contribution in [0.1, 0.15) is 11.1 Å². The molecule has 7 heteroatoms. The van der Waals surface area contributed by atoms with Crippen LogP contribution in [0.15, 0.2) is 64.4 Å². The molecule has 4 rings (SSSR count). The predicted octanol–water partition coefficient (Wildman–Crippen LogP) is 3.14. The van der Waals surface area contributed by atoms with Crippen LogP contribution in [-0.2, 0) is 32.7 Å². The van der Waals surface area contributed by atoms with Gasteiger partial charge < -0.3 is 0 Å². The van der Waals surface area contributed by atoms with Gasteiger partial charge in [0.05, 0.1) is 10.6 Å². The molecule has 134 valence electrons. The summed E-state index contributed by atoms with van der Waals surface area (Å²) in [5.41, 5.74) is 2.86. The van der Waals surface area contributed by atoms with Crippen molar-refractivity contribution >= 4 is 36.3 Å². The number of anilines is 1. The molecule has 0 amide bonds. The molecule has 3 aromatic carbocycles. The topological polar surface area (TPSA) is 80.3 Å². The van der Waals surface area contributed by atoms with E-state index in [4.69, 9.17) is 0 Å². The summed E-state index contributed by atoms with van der Waals surface area (Å²) >= 11 is 0. The summed E-state index contributed by atoms with van der Waals surface area (Å²) in [6.07, 6.45) is 2.89. The zero-order valence-electron chi connectivity index (χ0n) is 14.1. The van der Waals surface area contributed by atoms with Crippen LogP contribution >= 0.6 is 0 Å². The van der Waals surface area contributed by atoms with Crippen molar-refractivity contribution in [3.05, 3.63) is 65.7 Å². The molecule has 0 radical (unpaired) electrons. The van der Waals surface area contributed by atoms with E-state index in [1.165, 1.54) is 35.4 Å². The van der Waals surface area contributed by atoms with Crippen LogP contribution in [0.3, 0.4) is 0 Å². The van der Waals surface area contributed by atoms with Crippen molar-refractivity contribution in [2.24, 2.45) is 0 Å². The summed E-state index contributed by atoms with van der Waals surface area (Å²) in [4.78, 5) is -0.454. The van der Waals surface area contributed by atoms with E-state index in [0.717, 1.165) is 29.9 Å². The Bertz CT molecular complexity index is 1240. The van der Waals surface area contributed by atoms with Crippen LogP contribution in [0, 0.1) is 0 Å².